The van der Waals surface area contributed by atoms with Crippen LogP contribution in [0.4, 0.5) is 5.82 Å². The van der Waals surface area contributed by atoms with Gasteiger partial charge in [-0.25, -0.2) is 4.98 Å². The Morgan fingerprint density at radius 3 is 2.89 bits per heavy atom. The Morgan fingerprint density at radius 1 is 1.29 bits per heavy atom. The summed E-state index contributed by atoms with van der Waals surface area (Å²) in [5.41, 5.74) is 1.94. The van der Waals surface area contributed by atoms with Crippen LogP contribution < -0.4 is 10.9 Å². The minimum absolute atomic E-state index is 0.179. The second-order valence-electron chi connectivity index (χ2n) is 7.70. The van der Waals surface area contributed by atoms with Crippen LogP contribution in [-0.2, 0) is 22.4 Å². The Bertz CT molecular complexity index is 992. The summed E-state index contributed by atoms with van der Waals surface area (Å²) in [5.74, 6) is -0.319. The SMILES string of the molecule is Cc1cc(NC(=O)C(=O)N2CCC[C@H](C)C2)n(-c2nc3c(c(=O)[nH]2)CCC3)n1. The standard InChI is InChI=1S/C19H24N6O3/c1-11-5-4-8-24(10-11)18(28)17(27)21-15-9-12(2)23-25(15)19-20-14-7-3-6-13(14)16(26)22-19/h9,11H,3-8,10H2,1-2H3,(H,21,27)(H,20,22,26)/t11-/m0/s1. The van der Waals surface area contributed by atoms with Gasteiger partial charge in [-0.3, -0.25) is 19.4 Å². The second kappa shape index (κ2) is 7.21. The molecule has 2 aliphatic rings. The zero-order valence-electron chi connectivity index (χ0n) is 16.1. The fourth-order valence-electron chi connectivity index (χ4n) is 3.97. The van der Waals surface area contributed by atoms with Crippen LogP contribution in [0.2, 0.25) is 0 Å². The zero-order valence-corrected chi connectivity index (χ0v) is 16.1. The maximum absolute atomic E-state index is 12.5. The lowest BCUT2D eigenvalue weighted by Gasteiger charge is -2.30. The number of H-pyrrole nitrogens is 1. The minimum atomic E-state index is -0.709. The molecule has 1 saturated heterocycles. The van der Waals surface area contributed by atoms with E-state index in [1.807, 2.05) is 0 Å². The number of hydrogen-bond acceptors (Lipinski definition) is 5. The highest BCUT2D eigenvalue weighted by Gasteiger charge is 2.27. The van der Waals surface area contributed by atoms with Crippen molar-refractivity contribution >= 4 is 17.6 Å². The first-order chi connectivity index (χ1) is 13.4. The van der Waals surface area contributed by atoms with E-state index >= 15 is 0 Å². The van der Waals surface area contributed by atoms with Gasteiger partial charge in [-0.05, 0) is 44.9 Å². The van der Waals surface area contributed by atoms with Gasteiger partial charge in [0.1, 0.15) is 5.82 Å². The average Bonchev–Trinajstić information content (AvgIpc) is 3.27. The van der Waals surface area contributed by atoms with Gasteiger partial charge in [-0.1, -0.05) is 6.92 Å². The summed E-state index contributed by atoms with van der Waals surface area (Å²) < 4.78 is 1.37. The quantitative estimate of drug-likeness (QED) is 0.749. The monoisotopic (exact) mass is 384 g/mol. The normalized spacial score (nSPS) is 18.8. The number of likely N-dealkylation sites (tertiary alicyclic amines) is 1. The second-order valence-corrected chi connectivity index (χ2v) is 7.70. The molecule has 3 heterocycles. The number of carbonyl (C=O) groups is 2. The Balaban J connectivity index is 1.58. The third-order valence-corrected chi connectivity index (χ3v) is 5.34. The highest BCUT2D eigenvalue weighted by Crippen LogP contribution is 2.20. The zero-order chi connectivity index (χ0) is 19.8. The molecule has 0 radical (unpaired) electrons. The van der Waals surface area contributed by atoms with Crippen LogP contribution in [0, 0.1) is 12.8 Å². The summed E-state index contributed by atoms with van der Waals surface area (Å²) in [6.45, 7) is 5.02. The van der Waals surface area contributed by atoms with E-state index in [0.29, 0.717) is 36.1 Å². The van der Waals surface area contributed by atoms with Crippen LogP contribution in [0.25, 0.3) is 5.95 Å². The lowest BCUT2D eigenvalue weighted by Crippen LogP contribution is -2.44. The molecule has 0 spiro atoms. The van der Waals surface area contributed by atoms with Crippen molar-refractivity contribution in [3.05, 3.63) is 33.4 Å². The average molecular weight is 384 g/mol. The molecule has 1 atom stereocenters. The van der Waals surface area contributed by atoms with Crippen LogP contribution in [0.15, 0.2) is 10.9 Å². The van der Waals surface area contributed by atoms with Gasteiger partial charge in [0.25, 0.3) is 5.56 Å². The Kier molecular flexibility index (Phi) is 4.74. The van der Waals surface area contributed by atoms with Gasteiger partial charge in [-0.2, -0.15) is 9.78 Å². The van der Waals surface area contributed by atoms with Crippen LogP contribution in [0.3, 0.4) is 0 Å². The summed E-state index contributed by atoms with van der Waals surface area (Å²) in [5, 5.41) is 6.97. The Labute approximate surface area is 162 Å². The van der Waals surface area contributed by atoms with Crippen LogP contribution in [0.5, 0.6) is 0 Å². The molecular formula is C19H24N6O3. The number of rotatable bonds is 2. The maximum atomic E-state index is 12.5. The molecule has 4 rings (SSSR count). The summed E-state index contributed by atoms with van der Waals surface area (Å²) in [4.78, 5) is 46.2. The van der Waals surface area contributed by atoms with E-state index in [2.05, 4.69) is 27.3 Å². The molecule has 28 heavy (non-hydrogen) atoms. The molecular weight excluding hydrogens is 360 g/mol. The highest BCUT2D eigenvalue weighted by atomic mass is 16.2. The number of hydrogen-bond donors (Lipinski definition) is 2. The fourth-order valence-corrected chi connectivity index (χ4v) is 3.97. The van der Waals surface area contributed by atoms with Gasteiger partial charge in [0, 0.05) is 24.7 Å². The first kappa shape index (κ1) is 18.4. The molecule has 0 aromatic carbocycles. The van der Waals surface area contributed by atoms with E-state index in [1.165, 1.54) is 4.68 Å². The van der Waals surface area contributed by atoms with E-state index in [9.17, 15) is 14.4 Å². The topological polar surface area (TPSA) is 113 Å². The number of aromatic amines is 1. The van der Waals surface area contributed by atoms with Gasteiger partial charge in [0.2, 0.25) is 5.95 Å². The maximum Gasteiger partial charge on any atom is 0.315 e. The van der Waals surface area contributed by atoms with Crippen LogP contribution in [-0.4, -0.2) is 49.6 Å². The third-order valence-electron chi connectivity index (χ3n) is 5.34. The molecule has 1 aliphatic carbocycles. The van der Waals surface area contributed by atoms with Crippen molar-refractivity contribution in [2.75, 3.05) is 18.4 Å². The number of fused-ring (bicyclic) bond motifs is 1. The van der Waals surface area contributed by atoms with Crippen molar-refractivity contribution in [2.24, 2.45) is 5.92 Å². The number of piperidine rings is 1. The predicted octanol–water partition coefficient (Wildman–Crippen LogP) is 0.950. The molecule has 9 heteroatoms. The van der Waals surface area contributed by atoms with Crippen molar-refractivity contribution in [1.29, 1.82) is 0 Å². The Hall–Kier alpha value is -2.97. The predicted molar refractivity (Wildman–Crippen MR) is 102 cm³/mol. The van der Waals surface area contributed by atoms with E-state index in [-0.39, 0.29) is 11.5 Å². The largest absolute Gasteiger partial charge is 0.334 e. The lowest BCUT2D eigenvalue weighted by atomic mass is 10.0. The van der Waals surface area contributed by atoms with E-state index in [4.69, 9.17) is 0 Å². The van der Waals surface area contributed by atoms with Crippen LogP contribution >= 0.6 is 0 Å². The number of aryl methyl sites for hydroxylation is 2. The molecule has 2 amide bonds. The van der Waals surface area contributed by atoms with E-state index in [1.54, 1.807) is 17.9 Å². The molecule has 0 bridgehead atoms. The lowest BCUT2D eigenvalue weighted by molar-refractivity contribution is -0.144. The van der Waals surface area contributed by atoms with Crippen molar-refractivity contribution < 1.29 is 9.59 Å². The number of amides is 2. The molecule has 1 fully saturated rings. The third kappa shape index (κ3) is 3.44. The number of nitrogens with zero attached hydrogens (tertiary/aromatic N) is 4. The Morgan fingerprint density at radius 2 is 2.11 bits per heavy atom. The van der Waals surface area contributed by atoms with Crippen molar-refractivity contribution in [1.82, 2.24) is 24.6 Å². The van der Waals surface area contributed by atoms with Gasteiger partial charge in [0.05, 0.1) is 11.4 Å². The molecule has 0 unspecified atom stereocenters. The summed E-state index contributed by atoms with van der Waals surface area (Å²) in [6.07, 6.45) is 4.34. The first-order valence-corrected chi connectivity index (χ1v) is 9.71. The number of anilines is 1. The van der Waals surface area contributed by atoms with Crippen molar-refractivity contribution in [2.45, 2.75) is 46.0 Å². The van der Waals surface area contributed by atoms with E-state index < -0.39 is 11.8 Å². The number of carbonyl (C=O) groups excluding carboxylic acids is 2. The van der Waals surface area contributed by atoms with E-state index in [0.717, 1.165) is 37.8 Å². The number of nitrogens with one attached hydrogen (secondary N) is 2. The smallest absolute Gasteiger partial charge is 0.315 e. The van der Waals surface area contributed by atoms with Gasteiger partial charge < -0.3 is 10.2 Å². The molecule has 148 valence electrons. The molecule has 0 saturated carbocycles. The molecule has 1 aliphatic heterocycles. The summed E-state index contributed by atoms with van der Waals surface area (Å²) in [7, 11) is 0. The summed E-state index contributed by atoms with van der Waals surface area (Å²) >= 11 is 0. The highest BCUT2D eigenvalue weighted by molar-refractivity contribution is 6.39. The number of aromatic nitrogens is 4. The molecule has 9 nitrogen and oxygen atoms in total. The van der Waals surface area contributed by atoms with Crippen molar-refractivity contribution in [3.8, 4) is 5.95 Å². The van der Waals surface area contributed by atoms with Crippen LogP contribution in [0.1, 0.15) is 43.1 Å². The first-order valence-electron chi connectivity index (χ1n) is 9.71. The fraction of sp³-hybridized carbons (Fsp3) is 0.526. The summed E-state index contributed by atoms with van der Waals surface area (Å²) in [6, 6.07) is 1.65. The molecule has 2 N–H and O–H groups in total. The minimum Gasteiger partial charge on any atom is -0.334 e. The van der Waals surface area contributed by atoms with Crippen molar-refractivity contribution in [3.63, 3.8) is 0 Å². The molecule has 2 aromatic heterocycles. The molecule has 2 aromatic rings. The van der Waals surface area contributed by atoms with Gasteiger partial charge >= 0.3 is 11.8 Å². The van der Waals surface area contributed by atoms with Gasteiger partial charge in [-0.15, -0.1) is 0 Å². The van der Waals surface area contributed by atoms with Gasteiger partial charge in [0.15, 0.2) is 0 Å².